The molecular formula is C18H26N2O3. The van der Waals surface area contributed by atoms with Crippen LogP contribution in [0.3, 0.4) is 0 Å². The van der Waals surface area contributed by atoms with Crippen molar-refractivity contribution in [3.63, 3.8) is 0 Å². The zero-order chi connectivity index (χ0) is 16.1. The standard InChI is InChI=1S/C18H26N2O3/c1-22-16-8-5-9-20(13-16)18(21)17-14-19(10-11-23-17)12-15-6-3-2-4-7-15/h2-4,6-7,16-17H,5,8-14H2,1H3/t16-,17-/m0/s1. The molecule has 1 aromatic carbocycles. The van der Waals surface area contributed by atoms with Crippen LogP contribution in [0.25, 0.3) is 0 Å². The lowest BCUT2D eigenvalue weighted by molar-refractivity contribution is -0.153. The summed E-state index contributed by atoms with van der Waals surface area (Å²) in [5.41, 5.74) is 1.28. The summed E-state index contributed by atoms with van der Waals surface area (Å²) in [6.07, 6.45) is 1.86. The molecule has 5 heteroatoms. The Kier molecular flexibility index (Phi) is 5.65. The van der Waals surface area contributed by atoms with E-state index in [9.17, 15) is 4.79 Å². The summed E-state index contributed by atoms with van der Waals surface area (Å²) < 4.78 is 11.2. The molecule has 23 heavy (non-hydrogen) atoms. The van der Waals surface area contributed by atoms with Crippen LogP contribution in [-0.4, -0.2) is 67.8 Å². The predicted octanol–water partition coefficient (Wildman–Crippen LogP) is 1.52. The van der Waals surface area contributed by atoms with Gasteiger partial charge in [0.15, 0.2) is 0 Å². The number of ether oxygens (including phenoxy) is 2. The average molecular weight is 318 g/mol. The van der Waals surface area contributed by atoms with Gasteiger partial charge in [-0.2, -0.15) is 0 Å². The molecular weight excluding hydrogens is 292 g/mol. The van der Waals surface area contributed by atoms with Crippen LogP contribution < -0.4 is 0 Å². The van der Waals surface area contributed by atoms with Gasteiger partial charge < -0.3 is 14.4 Å². The number of likely N-dealkylation sites (tertiary alicyclic amines) is 1. The highest BCUT2D eigenvalue weighted by Gasteiger charge is 2.32. The number of amides is 1. The average Bonchev–Trinajstić information content (AvgIpc) is 2.62. The molecule has 2 aliphatic heterocycles. The third kappa shape index (κ3) is 4.31. The largest absolute Gasteiger partial charge is 0.380 e. The summed E-state index contributed by atoms with van der Waals surface area (Å²) in [5.74, 6) is 0.115. The van der Waals surface area contributed by atoms with Crippen LogP contribution in [0.2, 0.25) is 0 Å². The summed E-state index contributed by atoms with van der Waals surface area (Å²) >= 11 is 0. The number of piperidine rings is 1. The maximum Gasteiger partial charge on any atom is 0.253 e. The highest BCUT2D eigenvalue weighted by Crippen LogP contribution is 2.17. The fourth-order valence-electron chi connectivity index (χ4n) is 3.37. The lowest BCUT2D eigenvalue weighted by Crippen LogP contribution is -2.53. The number of rotatable bonds is 4. The van der Waals surface area contributed by atoms with Crippen LogP contribution in [0.1, 0.15) is 18.4 Å². The molecule has 2 atom stereocenters. The van der Waals surface area contributed by atoms with Crippen LogP contribution >= 0.6 is 0 Å². The molecule has 0 radical (unpaired) electrons. The molecule has 126 valence electrons. The van der Waals surface area contributed by atoms with Crippen molar-refractivity contribution in [1.82, 2.24) is 9.80 Å². The number of carbonyl (C=O) groups is 1. The van der Waals surface area contributed by atoms with Crippen LogP contribution in [0.4, 0.5) is 0 Å². The minimum Gasteiger partial charge on any atom is -0.380 e. The number of carbonyl (C=O) groups excluding carboxylic acids is 1. The summed E-state index contributed by atoms with van der Waals surface area (Å²) in [4.78, 5) is 16.9. The first-order valence-corrected chi connectivity index (χ1v) is 8.45. The fourth-order valence-corrected chi connectivity index (χ4v) is 3.37. The summed E-state index contributed by atoms with van der Waals surface area (Å²) in [6.45, 7) is 4.53. The van der Waals surface area contributed by atoms with Gasteiger partial charge in [-0.3, -0.25) is 9.69 Å². The highest BCUT2D eigenvalue weighted by atomic mass is 16.5. The molecule has 5 nitrogen and oxygen atoms in total. The maximum atomic E-state index is 12.7. The van der Waals surface area contributed by atoms with E-state index in [0.717, 1.165) is 32.5 Å². The molecule has 3 rings (SSSR count). The number of hydrogen-bond donors (Lipinski definition) is 0. The molecule has 1 amide bonds. The smallest absolute Gasteiger partial charge is 0.253 e. The van der Waals surface area contributed by atoms with Gasteiger partial charge >= 0.3 is 0 Å². The Bertz CT molecular complexity index is 508. The third-order valence-electron chi connectivity index (χ3n) is 4.70. The topological polar surface area (TPSA) is 42.0 Å². The van der Waals surface area contributed by atoms with E-state index < -0.39 is 0 Å². The van der Waals surface area contributed by atoms with Gasteiger partial charge in [0, 0.05) is 39.8 Å². The minimum absolute atomic E-state index is 0.115. The van der Waals surface area contributed by atoms with Crippen molar-refractivity contribution in [3.05, 3.63) is 35.9 Å². The van der Waals surface area contributed by atoms with E-state index in [1.807, 2.05) is 11.0 Å². The van der Waals surface area contributed by atoms with Crippen molar-refractivity contribution >= 4 is 5.91 Å². The Morgan fingerprint density at radius 2 is 2.09 bits per heavy atom. The van der Waals surface area contributed by atoms with Crippen molar-refractivity contribution in [2.24, 2.45) is 0 Å². The fraction of sp³-hybridized carbons (Fsp3) is 0.611. The van der Waals surface area contributed by atoms with E-state index in [2.05, 4.69) is 29.2 Å². The van der Waals surface area contributed by atoms with Crippen LogP contribution in [0.15, 0.2) is 30.3 Å². The maximum absolute atomic E-state index is 12.7. The first-order valence-electron chi connectivity index (χ1n) is 8.45. The van der Waals surface area contributed by atoms with Crippen LogP contribution in [0.5, 0.6) is 0 Å². The Morgan fingerprint density at radius 3 is 2.87 bits per heavy atom. The van der Waals surface area contributed by atoms with Crippen molar-refractivity contribution in [1.29, 1.82) is 0 Å². The molecule has 2 saturated heterocycles. The first-order chi connectivity index (χ1) is 11.3. The molecule has 0 saturated carbocycles. The monoisotopic (exact) mass is 318 g/mol. The van der Waals surface area contributed by atoms with E-state index in [1.54, 1.807) is 7.11 Å². The molecule has 2 aliphatic rings. The molecule has 2 fully saturated rings. The molecule has 0 N–H and O–H groups in total. The van der Waals surface area contributed by atoms with E-state index in [0.29, 0.717) is 19.7 Å². The Balaban J connectivity index is 1.56. The van der Waals surface area contributed by atoms with E-state index in [1.165, 1.54) is 5.56 Å². The van der Waals surface area contributed by atoms with Gasteiger partial charge in [0.1, 0.15) is 6.10 Å². The summed E-state index contributed by atoms with van der Waals surface area (Å²) in [6, 6.07) is 10.4. The lowest BCUT2D eigenvalue weighted by atomic mass is 10.1. The van der Waals surface area contributed by atoms with Gasteiger partial charge in [0.2, 0.25) is 0 Å². The molecule has 0 aliphatic carbocycles. The summed E-state index contributed by atoms with van der Waals surface area (Å²) in [5, 5.41) is 0. The van der Waals surface area contributed by atoms with Gasteiger partial charge in [0.05, 0.1) is 12.7 Å². The Labute approximate surface area is 138 Å². The Hall–Kier alpha value is -1.43. The molecule has 1 aromatic rings. The Morgan fingerprint density at radius 1 is 1.26 bits per heavy atom. The van der Waals surface area contributed by atoms with E-state index in [4.69, 9.17) is 9.47 Å². The van der Waals surface area contributed by atoms with E-state index in [-0.39, 0.29) is 18.1 Å². The van der Waals surface area contributed by atoms with Gasteiger partial charge in [-0.1, -0.05) is 30.3 Å². The number of morpholine rings is 1. The van der Waals surface area contributed by atoms with Crippen molar-refractivity contribution in [2.75, 3.05) is 39.9 Å². The minimum atomic E-state index is -0.344. The summed E-state index contributed by atoms with van der Waals surface area (Å²) in [7, 11) is 1.72. The predicted molar refractivity (Wildman–Crippen MR) is 88.1 cm³/mol. The molecule has 0 spiro atoms. The second-order valence-electron chi connectivity index (χ2n) is 6.36. The van der Waals surface area contributed by atoms with E-state index >= 15 is 0 Å². The second-order valence-corrected chi connectivity index (χ2v) is 6.36. The first kappa shape index (κ1) is 16.4. The number of methoxy groups -OCH3 is 1. The van der Waals surface area contributed by atoms with Crippen LogP contribution in [0, 0.1) is 0 Å². The second kappa shape index (κ2) is 7.90. The zero-order valence-electron chi connectivity index (χ0n) is 13.8. The number of nitrogens with zero attached hydrogens (tertiary/aromatic N) is 2. The molecule has 0 bridgehead atoms. The van der Waals surface area contributed by atoms with Crippen molar-refractivity contribution in [3.8, 4) is 0 Å². The SMILES string of the molecule is CO[C@H]1CCCN(C(=O)[C@@H]2CN(Cc3ccccc3)CCO2)C1. The van der Waals surface area contributed by atoms with Crippen molar-refractivity contribution < 1.29 is 14.3 Å². The van der Waals surface area contributed by atoms with Gasteiger partial charge in [-0.15, -0.1) is 0 Å². The number of benzene rings is 1. The molecule has 2 heterocycles. The highest BCUT2D eigenvalue weighted by molar-refractivity contribution is 5.81. The molecule has 0 aromatic heterocycles. The number of hydrogen-bond acceptors (Lipinski definition) is 4. The molecule has 0 unspecified atom stereocenters. The normalized spacial score (nSPS) is 26.2. The quantitative estimate of drug-likeness (QED) is 0.844. The lowest BCUT2D eigenvalue weighted by Gasteiger charge is -2.37. The third-order valence-corrected chi connectivity index (χ3v) is 4.70. The van der Waals surface area contributed by atoms with Gasteiger partial charge in [0.25, 0.3) is 5.91 Å². The van der Waals surface area contributed by atoms with Gasteiger partial charge in [-0.25, -0.2) is 0 Å². The zero-order valence-corrected chi connectivity index (χ0v) is 13.8. The van der Waals surface area contributed by atoms with Gasteiger partial charge in [-0.05, 0) is 18.4 Å². The van der Waals surface area contributed by atoms with Crippen LogP contribution in [-0.2, 0) is 20.8 Å². The van der Waals surface area contributed by atoms with Crippen molar-refractivity contribution in [2.45, 2.75) is 31.6 Å².